The minimum Gasteiger partial charge on any atom is -0.0651 e. The Morgan fingerprint density at radius 3 is 1.67 bits per heavy atom. The fourth-order valence-electron chi connectivity index (χ4n) is 3.47. The van der Waals surface area contributed by atoms with Gasteiger partial charge in [-0.2, -0.15) is 0 Å². The molecule has 0 nitrogen and oxygen atoms in total. The summed E-state index contributed by atoms with van der Waals surface area (Å²) in [4.78, 5) is 0. The molecular formula is C15H30. The first-order chi connectivity index (χ1) is 7.22. The molecule has 0 aliphatic heterocycles. The molecule has 0 amide bonds. The molecule has 1 fully saturated rings. The number of hydrogen-bond acceptors (Lipinski definition) is 0. The van der Waals surface area contributed by atoms with E-state index in [1.165, 1.54) is 44.9 Å². The maximum Gasteiger partial charge on any atom is -0.0386 e. The van der Waals surface area contributed by atoms with Crippen molar-refractivity contribution in [3.63, 3.8) is 0 Å². The summed E-state index contributed by atoms with van der Waals surface area (Å²) in [5.41, 5.74) is 0. The van der Waals surface area contributed by atoms with Gasteiger partial charge in [0.15, 0.2) is 0 Å². The fourth-order valence-corrected chi connectivity index (χ4v) is 3.47. The molecule has 1 aliphatic rings. The van der Waals surface area contributed by atoms with Crippen LogP contribution in [0.5, 0.6) is 0 Å². The molecule has 0 heterocycles. The zero-order chi connectivity index (χ0) is 11.3. The van der Waals surface area contributed by atoms with Gasteiger partial charge in [-0.1, -0.05) is 47.0 Å². The molecule has 0 N–H and O–H groups in total. The van der Waals surface area contributed by atoms with Crippen molar-refractivity contribution >= 4 is 0 Å². The van der Waals surface area contributed by atoms with Gasteiger partial charge in [0, 0.05) is 0 Å². The lowest BCUT2D eigenvalue weighted by Crippen LogP contribution is -2.24. The molecule has 1 saturated carbocycles. The van der Waals surface area contributed by atoms with E-state index in [-0.39, 0.29) is 0 Å². The molecule has 1 atom stereocenters. The second-order valence-corrected chi connectivity index (χ2v) is 5.64. The van der Waals surface area contributed by atoms with E-state index < -0.39 is 0 Å². The average molecular weight is 210 g/mol. The van der Waals surface area contributed by atoms with Gasteiger partial charge < -0.3 is 0 Å². The third-order valence-corrected chi connectivity index (χ3v) is 4.98. The van der Waals surface area contributed by atoms with E-state index in [1.54, 1.807) is 0 Å². The van der Waals surface area contributed by atoms with E-state index in [4.69, 9.17) is 0 Å². The van der Waals surface area contributed by atoms with Gasteiger partial charge >= 0.3 is 0 Å². The Bertz CT molecular complexity index is 149. The van der Waals surface area contributed by atoms with Gasteiger partial charge in [-0.15, -0.1) is 0 Å². The highest BCUT2D eigenvalue weighted by Crippen LogP contribution is 2.39. The lowest BCUT2D eigenvalue weighted by molar-refractivity contribution is 0.161. The molecule has 0 spiro atoms. The van der Waals surface area contributed by atoms with Crippen molar-refractivity contribution in [1.29, 1.82) is 0 Å². The third kappa shape index (κ3) is 3.50. The van der Waals surface area contributed by atoms with Crippen molar-refractivity contribution in [3.05, 3.63) is 0 Å². The fraction of sp³-hybridized carbons (Fsp3) is 1.00. The van der Waals surface area contributed by atoms with Crippen molar-refractivity contribution < 1.29 is 0 Å². The predicted molar refractivity (Wildman–Crippen MR) is 69.0 cm³/mol. The Balaban J connectivity index is 2.34. The molecule has 1 unspecified atom stereocenters. The normalized spacial score (nSPS) is 29.4. The zero-order valence-electron chi connectivity index (χ0n) is 11.3. The van der Waals surface area contributed by atoms with Gasteiger partial charge in [-0.25, -0.2) is 0 Å². The first-order valence-corrected chi connectivity index (χ1v) is 7.22. The standard InChI is InChI=1S/C15H30/c1-5-12(4)14-8-10-15(11-9-14)13(6-2)7-3/h12-15H,5-11H2,1-4H3. The predicted octanol–water partition coefficient (Wildman–Crippen LogP) is 5.28. The van der Waals surface area contributed by atoms with E-state index in [0.29, 0.717) is 0 Å². The SMILES string of the molecule is CCC(C)C1CCC(C(CC)CC)CC1. The third-order valence-electron chi connectivity index (χ3n) is 4.98. The topological polar surface area (TPSA) is 0 Å². The number of hydrogen-bond donors (Lipinski definition) is 0. The smallest absolute Gasteiger partial charge is 0.0386 e. The monoisotopic (exact) mass is 210 g/mol. The van der Waals surface area contributed by atoms with Crippen LogP contribution in [0.15, 0.2) is 0 Å². The lowest BCUT2D eigenvalue weighted by atomic mass is 9.71. The Kier molecular flexibility index (Phi) is 5.71. The maximum atomic E-state index is 2.45. The second kappa shape index (κ2) is 6.55. The van der Waals surface area contributed by atoms with Crippen LogP contribution in [0.25, 0.3) is 0 Å². The van der Waals surface area contributed by atoms with Crippen LogP contribution in [0, 0.1) is 23.7 Å². The average Bonchev–Trinajstić information content (AvgIpc) is 2.30. The Morgan fingerprint density at radius 1 is 0.800 bits per heavy atom. The van der Waals surface area contributed by atoms with Crippen LogP contribution in [-0.4, -0.2) is 0 Å². The summed E-state index contributed by atoms with van der Waals surface area (Å²) in [6.07, 6.45) is 10.2. The highest BCUT2D eigenvalue weighted by atomic mass is 14.3. The van der Waals surface area contributed by atoms with E-state index in [2.05, 4.69) is 27.7 Å². The summed E-state index contributed by atoms with van der Waals surface area (Å²) >= 11 is 0. The van der Waals surface area contributed by atoms with Crippen molar-refractivity contribution in [2.24, 2.45) is 23.7 Å². The molecule has 1 rings (SSSR count). The first kappa shape index (κ1) is 13.1. The minimum absolute atomic E-state index is 0.965. The Morgan fingerprint density at radius 2 is 1.27 bits per heavy atom. The molecular weight excluding hydrogens is 180 g/mol. The Labute approximate surface area is 96.8 Å². The molecule has 0 heteroatoms. The summed E-state index contributed by atoms with van der Waals surface area (Å²) in [5, 5.41) is 0. The maximum absolute atomic E-state index is 2.45. The summed E-state index contributed by atoms with van der Waals surface area (Å²) in [6.45, 7) is 9.53. The van der Waals surface area contributed by atoms with E-state index in [1.807, 2.05) is 0 Å². The van der Waals surface area contributed by atoms with Crippen LogP contribution in [0.1, 0.15) is 72.6 Å². The summed E-state index contributed by atoms with van der Waals surface area (Å²) in [6, 6.07) is 0. The highest BCUT2D eigenvalue weighted by molar-refractivity contribution is 4.78. The van der Waals surface area contributed by atoms with Gasteiger partial charge in [0.05, 0.1) is 0 Å². The zero-order valence-corrected chi connectivity index (χ0v) is 11.3. The van der Waals surface area contributed by atoms with Crippen LogP contribution >= 0.6 is 0 Å². The highest BCUT2D eigenvalue weighted by Gasteiger charge is 2.27. The second-order valence-electron chi connectivity index (χ2n) is 5.64. The lowest BCUT2D eigenvalue weighted by Gasteiger charge is -2.35. The van der Waals surface area contributed by atoms with Gasteiger partial charge in [-0.3, -0.25) is 0 Å². The van der Waals surface area contributed by atoms with Gasteiger partial charge in [0.1, 0.15) is 0 Å². The summed E-state index contributed by atoms with van der Waals surface area (Å²) in [7, 11) is 0. The van der Waals surface area contributed by atoms with E-state index in [0.717, 1.165) is 23.7 Å². The Hall–Kier alpha value is 0. The minimum atomic E-state index is 0.965. The quantitative estimate of drug-likeness (QED) is 0.579. The molecule has 0 radical (unpaired) electrons. The van der Waals surface area contributed by atoms with Crippen LogP contribution < -0.4 is 0 Å². The van der Waals surface area contributed by atoms with Crippen LogP contribution in [-0.2, 0) is 0 Å². The molecule has 0 aromatic rings. The molecule has 0 aromatic carbocycles. The summed E-state index contributed by atoms with van der Waals surface area (Å²) in [5.74, 6) is 4.08. The van der Waals surface area contributed by atoms with E-state index >= 15 is 0 Å². The van der Waals surface area contributed by atoms with Crippen molar-refractivity contribution in [3.8, 4) is 0 Å². The van der Waals surface area contributed by atoms with Crippen molar-refractivity contribution in [2.45, 2.75) is 72.6 Å². The van der Waals surface area contributed by atoms with Crippen molar-refractivity contribution in [2.75, 3.05) is 0 Å². The number of rotatable bonds is 5. The molecule has 1 aliphatic carbocycles. The molecule has 15 heavy (non-hydrogen) atoms. The van der Waals surface area contributed by atoms with Crippen LogP contribution in [0.3, 0.4) is 0 Å². The van der Waals surface area contributed by atoms with Gasteiger partial charge in [0.2, 0.25) is 0 Å². The summed E-state index contributed by atoms with van der Waals surface area (Å²) < 4.78 is 0. The molecule has 90 valence electrons. The van der Waals surface area contributed by atoms with Crippen molar-refractivity contribution in [1.82, 2.24) is 0 Å². The van der Waals surface area contributed by atoms with Gasteiger partial charge in [-0.05, 0) is 49.4 Å². The molecule has 0 aromatic heterocycles. The molecule has 0 saturated heterocycles. The van der Waals surface area contributed by atoms with Crippen LogP contribution in [0.4, 0.5) is 0 Å². The van der Waals surface area contributed by atoms with E-state index in [9.17, 15) is 0 Å². The first-order valence-electron chi connectivity index (χ1n) is 7.22. The largest absolute Gasteiger partial charge is 0.0651 e. The van der Waals surface area contributed by atoms with Crippen LogP contribution in [0.2, 0.25) is 0 Å². The van der Waals surface area contributed by atoms with Gasteiger partial charge in [0.25, 0.3) is 0 Å². The molecule has 0 bridgehead atoms.